The molecule has 3 rings (SSSR count). The van der Waals surface area contributed by atoms with Crippen LogP contribution in [-0.4, -0.2) is 29.9 Å². The fourth-order valence-electron chi connectivity index (χ4n) is 2.56. The predicted molar refractivity (Wildman–Crippen MR) is 91.7 cm³/mol. The van der Waals surface area contributed by atoms with Gasteiger partial charge in [0.2, 0.25) is 0 Å². The van der Waals surface area contributed by atoms with Gasteiger partial charge in [-0.25, -0.2) is 0 Å². The molecule has 0 saturated heterocycles. The van der Waals surface area contributed by atoms with E-state index >= 15 is 0 Å². The number of methoxy groups -OCH3 is 2. The van der Waals surface area contributed by atoms with Gasteiger partial charge in [0.1, 0.15) is 0 Å². The van der Waals surface area contributed by atoms with Gasteiger partial charge in [0.25, 0.3) is 5.91 Å². The molecule has 3 aromatic rings. The highest BCUT2D eigenvalue weighted by atomic mass is 16.5. The predicted octanol–water partition coefficient (Wildman–Crippen LogP) is 3.56. The molecule has 0 amide bonds. The summed E-state index contributed by atoms with van der Waals surface area (Å²) in [4.78, 5) is 12.8. The number of hydrogen-bond acceptors (Lipinski definition) is 4. The Bertz CT molecular complexity index is 870. The van der Waals surface area contributed by atoms with Crippen LogP contribution in [-0.2, 0) is 0 Å². The summed E-state index contributed by atoms with van der Waals surface area (Å²) < 4.78 is 12.0. The van der Waals surface area contributed by atoms with Crippen molar-refractivity contribution in [3.63, 3.8) is 0 Å². The van der Waals surface area contributed by atoms with Crippen molar-refractivity contribution in [2.45, 2.75) is 6.92 Å². The van der Waals surface area contributed by atoms with Gasteiger partial charge < -0.3 is 9.47 Å². The molecular weight excluding hydrogens is 304 g/mol. The average Bonchev–Trinajstić information content (AvgIpc) is 3.03. The van der Waals surface area contributed by atoms with E-state index in [1.165, 1.54) is 4.68 Å². The number of aryl methyl sites for hydroxylation is 1. The van der Waals surface area contributed by atoms with E-state index in [0.717, 1.165) is 11.3 Å². The van der Waals surface area contributed by atoms with E-state index in [1.807, 2.05) is 49.4 Å². The summed E-state index contributed by atoms with van der Waals surface area (Å²) in [5.74, 6) is 1.07. The molecule has 0 aliphatic rings. The SMILES string of the molecule is COc1ccc(-c2cc(C)nn2C(=O)c2ccccc2)cc1OC. The van der Waals surface area contributed by atoms with Crippen molar-refractivity contribution >= 4 is 5.91 Å². The summed E-state index contributed by atoms with van der Waals surface area (Å²) in [6.45, 7) is 1.86. The van der Waals surface area contributed by atoms with Gasteiger partial charge in [-0.3, -0.25) is 4.79 Å². The maximum absolute atomic E-state index is 12.8. The Labute approximate surface area is 140 Å². The van der Waals surface area contributed by atoms with Crippen molar-refractivity contribution in [3.05, 3.63) is 65.9 Å². The summed E-state index contributed by atoms with van der Waals surface area (Å²) in [7, 11) is 3.17. The van der Waals surface area contributed by atoms with E-state index in [4.69, 9.17) is 9.47 Å². The van der Waals surface area contributed by atoms with Crippen molar-refractivity contribution < 1.29 is 14.3 Å². The molecule has 0 spiro atoms. The van der Waals surface area contributed by atoms with E-state index in [-0.39, 0.29) is 5.91 Å². The minimum Gasteiger partial charge on any atom is -0.493 e. The standard InChI is InChI=1S/C19H18N2O3/c1-13-11-16(15-9-10-17(23-2)18(12-15)24-3)21(20-13)19(22)14-7-5-4-6-8-14/h4-12H,1-3H3. The Kier molecular flexibility index (Phi) is 4.33. The van der Waals surface area contributed by atoms with Gasteiger partial charge in [-0.15, -0.1) is 0 Å². The van der Waals surface area contributed by atoms with Gasteiger partial charge in [0.05, 0.1) is 25.6 Å². The minimum atomic E-state index is -0.173. The first kappa shape index (κ1) is 15.8. The second kappa shape index (κ2) is 6.58. The third-order valence-corrected chi connectivity index (χ3v) is 3.72. The third kappa shape index (κ3) is 2.88. The van der Waals surface area contributed by atoms with Crippen molar-refractivity contribution in [2.75, 3.05) is 14.2 Å². The number of rotatable bonds is 4. The molecule has 0 unspecified atom stereocenters. The molecule has 2 aromatic carbocycles. The Morgan fingerprint density at radius 3 is 2.33 bits per heavy atom. The molecular formula is C19H18N2O3. The summed E-state index contributed by atoms with van der Waals surface area (Å²) in [5, 5.41) is 4.36. The van der Waals surface area contributed by atoms with Crippen LogP contribution in [0, 0.1) is 6.92 Å². The normalized spacial score (nSPS) is 10.5. The van der Waals surface area contributed by atoms with Gasteiger partial charge in [-0.1, -0.05) is 18.2 Å². The van der Waals surface area contributed by atoms with Gasteiger partial charge in [0, 0.05) is 11.1 Å². The number of carbonyl (C=O) groups is 1. The molecule has 5 heteroatoms. The van der Waals surface area contributed by atoms with Gasteiger partial charge >= 0.3 is 0 Å². The summed E-state index contributed by atoms with van der Waals surface area (Å²) in [5.41, 5.74) is 2.89. The highest BCUT2D eigenvalue weighted by Gasteiger charge is 2.17. The first-order valence-electron chi connectivity index (χ1n) is 7.53. The van der Waals surface area contributed by atoms with E-state index in [0.29, 0.717) is 22.8 Å². The number of carbonyl (C=O) groups excluding carboxylic acids is 1. The Morgan fingerprint density at radius 1 is 0.958 bits per heavy atom. The van der Waals surface area contributed by atoms with E-state index in [1.54, 1.807) is 26.4 Å². The molecule has 24 heavy (non-hydrogen) atoms. The second-order valence-electron chi connectivity index (χ2n) is 5.32. The fraction of sp³-hybridized carbons (Fsp3) is 0.158. The topological polar surface area (TPSA) is 53.4 Å². The molecule has 0 bridgehead atoms. The van der Waals surface area contributed by atoms with Crippen LogP contribution >= 0.6 is 0 Å². The average molecular weight is 322 g/mol. The van der Waals surface area contributed by atoms with Crippen LogP contribution in [0.1, 0.15) is 16.1 Å². The van der Waals surface area contributed by atoms with Gasteiger partial charge in [-0.2, -0.15) is 9.78 Å². The molecule has 0 aliphatic heterocycles. The monoisotopic (exact) mass is 322 g/mol. The number of hydrogen-bond donors (Lipinski definition) is 0. The van der Waals surface area contributed by atoms with Crippen LogP contribution in [0.2, 0.25) is 0 Å². The van der Waals surface area contributed by atoms with Gasteiger partial charge in [0.15, 0.2) is 11.5 Å². The zero-order chi connectivity index (χ0) is 17.1. The van der Waals surface area contributed by atoms with Crippen LogP contribution in [0.5, 0.6) is 11.5 Å². The Balaban J connectivity index is 2.09. The zero-order valence-corrected chi connectivity index (χ0v) is 13.8. The first-order valence-corrected chi connectivity index (χ1v) is 7.53. The molecule has 1 aromatic heterocycles. The van der Waals surface area contributed by atoms with Crippen LogP contribution in [0.3, 0.4) is 0 Å². The highest BCUT2D eigenvalue weighted by molar-refractivity contribution is 5.97. The largest absolute Gasteiger partial charge is 0.493 e. The summed E-state index contributed by atoms with van der Waals surface area (Å²) in [6, 6.07) is 16.5. The van der Waals surface area contributed by atoms with Crippen LogP contribution in [0.25, 0.3) is 11.3 Å². The lowest BCUT2D eigenvalue weighted by Crippen LogP contribution is -2.15. The Morgan fingerprint density at radius 2 is 1.67 bits per heavy atom. The number of benzene rings is 2. The lowest BCUT2D eigenvalue weighted by atomic mass is 10.1. The quantitative estimate of drug-likeness (QED) is 0.737. The lowest BCUT2D eigenvalue weighted by Gasteiger charge is -2.11. The zero-order valence-electron chi connectivity index (χ0n) is 13.8. The van der Waals surface area contributed by atoms with E-state index in [2.05, 4.69) is 5.10 Å². The molecule has 0 fully saturated rings. The van der Waals surface area contributed by atoms with E-state index in [9.17, 15) is 4.79 Å². The van der Waals surface area contributed by atoms with E-state index < -0.39 is 0 Å². The van der Waals surface area contributed by atoms with Crippen molar-refractivity contribution in [1.29, 1.82) is 0 Å². The maximum atomic E-state index is 12.8. The molecule has 0 radical (unpaired) electrons. The van der Waals surface area contributed by atoms with Crippen molar-refractivity contribution in [3.8, 4) is 22.8 Å². The molecule has 122 valence electrons. The van der Waals surface area contributed by atoms with Crippen molar-refractivity contribution in [1.82, 2.24) is 9.78 Å². The third-order valence-electron chi connectivity index (χ3n) is 3.72. The molecule has 0 aliphatic carbocycles. The highest BCUT2D eigenvalue weighted by Crippen LogP contribution is 2.32. The van der Waals surface area contributed by atoms with Crippen LogP contribution in [0.4, 0.5) is 0 Å². The molecule has 0 saturated carbocycles. The van der Waals surface area contributed by atoms with Crippen LogP contribution in [0.15, 0.2) is 54.6 Å². The molecule has 1 heterocycles. The second-order valence-corrected chi connectivity index (χ2v) is 5.32. The maximum Gasteiger partial charge on any atom is 0.278 e. The van der Waals surface area contributed by atoms with Gasteiger partial charge in [-0.05, 0) is 43.3 Å². The number of ether oxygens (including phenoxy) is 2. The number of aromatic nitrogens is 2. The first-order chi connectivity index (χ1) is 11.6. The fourth-order valence-corrected chi connectivity index (χ4v) is 2.56. The summed E-state index contributed by atoms with van der Waals surface area (Å²) in [6.07, 6.45) is 0. The molecule has 5 nitrogen and oxygen atoms in total. The summed E-state index contributed by atoms with van der Waals surface area (Å²) >= 11 is 0. The minimum absolute atomic E-state index is 0.173. The Hall–Kier alpha value is -3.08. The number of nitrogens with zero attached hydrogens (tertiary/aromatic N) is 2. The molecule has 0 atom stereocenters. The van der Waals surface area contributed by atoms with Crippen molar-refractivity contribution in [2.24, 2.45) is 0 Å². The molecule has 0 N–H and O–H groups in total. The lowest BCUT2D eigenvalue weighted by molar-refractivity contribution is 0.0947. The smallest absolute Gasteiger partial charge is 0.278 e. The van der Waals surface area contributed by atoms with Crippen LogP contribution < -0.4 is 9.47 Å².